The SMILES string of the molecule is CC(=O)c1ccc(N(CC(=O)Nc2ccccc2C#N)C(C)=O)cc1. The van der Waals surface area contributed by atoms with Crippen LogP contribution in [-0.2, 0) is 9.59 Å². The van der Waals surface area contributed by atoms with Crippen LogP contribution in [0.25, 0.3) is 0 Å². The summed E-state index contributed by atoms with van der Waals surface area (Å²) in [7, 11) is 0. The Balaban J connectivity index is 2.16. The molecule has 1 N–H and O–H groups in total. The van der Waals surface area contributed by atoms with Crippen molar-refractivity contribution in [3.63, 3.8) is 0 Å². The van der Waals surface area contributed by atoms with Crippen molar-refractivity contribution in [2.24, 2.45) is 0 Å². The summed E-state index contributed by atoms with van der Waals surface area (Å²) in [5, 5.41) is 11.7. The molecule has 0 aromatic heterocycles. The number of Topliss-reactive ketones (excluding diaryl/α,β-unsaturated/α-hetero) is 1. The zero-order chi connectivity index (χ0) is 18.4. The second kappa shape index (κ2) is 7.88. The van der Waals surface area contributed by atoms with Crippen molar-refractivity contribution in [2.75, 3.05) is 16.8 Å². The normalized spacial score (nSPS) is 9.80. The molecule has 0 atom stereocenters. The van der Waals surface area contributed by atoms with Crippen molar-refractivity contribution in [3.05, 3.63) is 59.7 Å². The highest BCUT2D eigenvalue weighted by atomic mass is 16.2. The molecular formula is C19H17N3O3. The van der Waals surface area contributed by atoms with Crippen molar-refractivity contribution in [2.45, 2.75) is 13.8 Å². The van der Waals surface area contributed by atoms with Crippen LogP contribution in [0.15, 0.2) is 48.5 Å². The standard InChI is InChI=1S/C19H17N3O3/c1-13(23)15-7-9-17(10-8-15)22(14(2)24)12-19(25)21-18-6-4-3-5-16(18)11-20/h3-10H,12H2,1-2H3,(H,21,25). The Labute approximate surface area is 145 Å². The van der Waals surface area contributed by atoms with Gasteiger partial charge in [0.2, 0.25) is 11.8 Å². The molecule has 2 rings (SSSR count). The number of carbonyl (C=O) groups excluding carboxylic acids is 3. The summed E-state index contributed by atoms with van der Waals surface area (Å²) in [5.41, 5.74) is 1.78. The summed E-state index contributed by atoms with van der Waals surface area (Å²) in [4.78, 5) is 36.8. The van der Waals surface area contributed by atoms with Gasteiger partial charge in [0.1, 0.15) is 12.6 Å². The lowest BCUT2D eigenvalue weighted by molar-refractivity contribution is -0.120. The molecule has 0 saturated carbocycles. The van der Waals surface area contributed by atoms with Crippen LogP contribution in [0.2, 0.25) is 0 Å². The van der Waals surface area contributed by atoms with Crippen LogP contribution in [0.3, 0.4) is 0 Å². The highest BCUT2D eigenvalue weighted by Crippen LogP contribution is 2.17. The third kappa shape index (κ3) is 4.52. The predicted molar refractivity (Wildman–Crippen MR) is 94.3 cm³/mol. The van der Waals surface area contributed by atoms with Gasteiger partial charge in [0.05, 0.1) is 11.3 Å². The van der Waals surface area contributed by atoms with Gasteiger partial charge in [0.15, 0.2) is 5.78 Å². The van der Waals surface area contributed by atoms with E-state index in [9.17, 15) is 14.4 Å². The molecule has 0 heterocycles. The molecule has 0 radical (unpaired) electrons. The van der Waals surface area contributed by atoms with Crippen molar-refractivity contribution >= 4 is 29.0 Å². The maximum atomic E-state index is 12.3. The first-order chi connectivity index (χ1) is 11.9. The monoisotopic (exact) mass is 335 g/mol. The number of nitriles is 1. The minimum atomic E-state index is -0.423. The molecule has 0 aliphatic carbocycles. The van der Waals surface area contributed by atoms with Crippen molar-refractivity contribution in [1.82, 2.24) is 0 Å². The summed E-state index contributed by atoms with van der Waals surface area (Å²) in [6.07, 6.45) is 0. The molecule has 0 aliphatic rings. The number of carbonyl (C=O) groups is 3. The molecule has 25 heavy (non-hydrogen) atoms. The van der Waals surface area contributed by atoms with E-state index in [1.54, 1.807) is 48.5 Å². The fourth-order valence-corrected chi connectivity index (χ4v) is 2.28. The number of benzene rings is 2. The van der Waals surface area contributed by atoms with Crippen LogP contribution < -0.4 is 10.2 Å². The maximum absolute atomic E-state index is 12.3. The van der Waals surface area contributed by atoms with Crippen LogP contribution >= 0.6 is 0 Å². The van der Waals surface area contributed by atoms with Crippen LogP contribution in [0.1, 0.15) is 29.8 Å². The zero-order valence-electron chi connectivity index (χ0n) is 13.9. The third-order valence-corrected chi connectivity index (χ3v) is 3.59. The van der Waals surface area contributed by atoms with Gasteiger partial charge in [-0.15, -0.1) is 0 Å². The minimum absolute atomic E-state index is 0.0771. The Kier molecular flexibility index (Phi) is 5.64. The fraction of sp³-hybridized carbons (Fsp3) is 0.158. The van der Waals surface area contributed by atoms with E-state index in [4.69, 9.17) is 5.26 Å². The van der Waals surface area contributed by atoms with Crippen LogP contribution in [0, 0.1) is 11.3 Å². The lowest BCUT2D eigenvalue weighted by Gasteiger charge is -2.21. The quantitative estimate of drug-likeness (QED) is 0.851. The molecule has 0 saturated heterocycles. The second-order valence-corrected chi connectivity index (χ2v) is 5.41. The number of hydrogen-bond donors (Lipinski definition) is 1. The van der Waals surface area contributed by atoms with Gasteiger partial charge in [-0.2, -0.15) is 5.26 Å². The van der Waals surface area contributed by atoms with Gasteiger partial charge in [0.25, 0.3) is 0 Å². The first kappa shape index (κ1) is 17.9. The van der Waals surface area contributed by atoms with Gasteiger partial charge in [-0.1, -0.05) is 12.1 Å². The van der Waals surface area contributed by atoms with E-state index in [0.29, 0.717) is 22.5 Å². The number of nitrogens with zero attached hydrogens (tertiary/aromatic N) is 2. The molecule has 0 fully saturated rings. The van der Waals surface area contributed by atoms with Gasteiger partial charge in [-0.3, -0.25) is 14.4 Å². The fourth-order valence-electron chi connectivity index (χ4n) is 2.28. The third-order valence-electron chi connectivity index (χ3n) is 3.59. The number of rotatable bonds is 5. The molecule has 0 aliphatic heterocycles. The maximum Gasteiger partial charge on any atom is 0.244 e. The van der Waals surface area contributed by atoms with E-state index in [-0.39, 0.29) is 18.2 Å². The molecule has 0 unspecified atom stereocenters. The van der Waals surface area contributed by atoms with Gasteiger partial charge >= 0.3 is 0 Å². The number of anilines is 2. The first-order valence-electron chi connectivity index (χ1n) is 7.60. The molecule has 2 aromatic rings. The van der Waals surface area contributed by atoms with E-state index < -0.39 is 5.91 Å². The van der Waals surface area contributed by atoms with Crippen LogP contribution in [-0.4, -0.2) is 24.1 Å². The van der Waals surface area contributed by atoms with Crippen LogP contribution in [0.4, 0.5) is 11.4 Å². The Morgan fingerprint density at radius 2 is 1.68 bits per heavy atom. The van der Waals surface area contributed by atoms with Crippen LogP contribution in [0.5, 0.6) is 0 Å². The zero-order valence-corrected chi connectivity index (χ0v) is 13.9. The summed E-state index contributed by atoms with van der Waals surface area (Å²) < 4.78 is 0. The Morgan fingerprint density at radius 1 is 1.04 bits per heavy atom. The summed E-state index contributed by atoms with van der Waals surface area (Å²) in [6.45, 7) is 2.61. The number of para-hydroxylation sites is 1. The number of hydrogen-bond acceptors (Lipinski definition) is 4. The van der Waals surface area contributed by atoms with Gasteiger partial charge in [-0.25, -0.2) is 0 Å². The molecular weight excluding hydrogens is 318 g/mol. The summed E-state index contributed by atoms with van der Waals surface area (Å²) >= 11 is 0. The lowest BCUT2D eigenvalue weighted by atomic mass is 10.1. The van der Waals surface area contributed by atoms with E-state index in [1.807, 2.05) is 6.07 Å². The van der Waals surface area contributed by atoms with Crippen molar-refractivity contribution < 1.29 is 14.4 Å². The highest BCUT2D eigenvalue weighted by molar-refractivity contribution is 6.02. The molecule has 6 heteroatoms. The Morgan fingerprint density at radius 3 is 2.24 bits per heavy atom. The average Bonchev–Trinajstić information content (AvgIpc) is 2.60. The molecule has 0 bridgehead atoms. The van der Waals surface area contributed by atoms with E-state index in [2.05, 4.69) is 5.32 Å². The van der Waals surface area contributed by atoms with Gasteiger partial charge < -0.3 is 10.2 Å². The second-order valence-electron chi connectivity index (χ2n) is 5.41. The largest absolute Gasteiger partial charge is 0.323 e. The Bertz CT molecular complexity index is 851. The lowest BCUT2D eigenvalue weighted by Crippen LogP contribution is -2.36. The smallest absolute Gasteiger partial charge is 0.244 e. The number of nitrogens with one attached hydrogen (secondary N) is 1. The number of ketones is 1. The average molecular weight is 335 g/mol. The Hall–Kier alpha value is -3.46. The van der Waals surface area contributed by atoms with E-state index in [1.165, 1.54) is 18.7 Å². The molecule has 2 aromatic carbocycles. The highest BCUT2D eigenvalue weighted by Gasteiger charge is 2.17. The van der Waals surface area contributed by atoms with E-state index in [0.717, 1.165) is 0 Å². The first-order valence-corrected chi connectivity index (χ1v) is 7.60. The topological polar surface area (TPSA) is 90.3 Å². The van der Waals surface area contributed by atoms with Gasteiger partial charge in [0, 0.05) is 18.2 Å². The van der Waals surface area contributed by atoms with Crippen molar-refractivity contribution in [3.8, 4) is 6.07 Å². The predicted octanol–water partition coefficient (Wildman–Crippen LogP) is 2.75. The molecule has 126 valence electrons. The summed E-state index contributed by atoms with van der Waals surface area (Å²) in [5.74, 6) is -0.806. The van der Waals surface area contributed by atoms with E-state index >= 15 is 0 Å². The summed E-state index contributed by atoms with van der Waals surface area (Å²) in [6, 6.07) is 15.1. The molecule has 2 amide bonds. The molecule has 6 nitrogen and oxygen atoms in total. The minimum Gasteiger partial charge on any atom is -0.323 e. The molecule has 0 spiro atoms. The van der Waals surface area contributed by atoms with Crippen molar-refractivity contribution in [1.29, 1.82) is 5.26 Å². The van der Waals surface area contributed by atoms with Gasteiger partial charge in [-0.05, 0) is 43.3 Å². The number of amides is 2.